The molecule has 0 spiro atoms. The number of benzene rings is 1. The molecule has 0 aliphatic carbocycles. The number of ketones is 1. The lowest BCUT2D eigenvalue weighted by molar-refractivity contribution is -0.123. The number of carbonyl (C=O) groups is 2. The van der Waals surface area contributed by atoms with Gasteiger partial charge in [-0.2, -0.15) is 12.6 Å². The number of hydrogen-bond acceptors (Lipinski definition) is 8. The van der Waals surface area contributed by atoms with Crippen molar-refractivity contribution < 1.29 is 23.8 Å². The first-order valence-electron chi connectivity index (χ1n) is 10.3. The Morgan fingerprint density at radius 2 is 1.77 bits per heavy atom. The summed E-state index contributed by atoms with van der Waals surface area (Å²) in [5, 5.41) is 5.84. The quantitative estimate of drug-likeness (QED) is 0.162. The zero-order valence-electron chi connectivity index (χ0n) is 17.9. The number of thiol groups is 1. The highest BCUT2D eigenvalue weighted by Gasteiger charge is 2.18. The molecule has 1 rings (SSSR count). The topological polar surface area (TPSA) is 112 Å². The highest BCUT2D eigenvalue weighted by molar-refractivity contribution is 7.80. The van der Waals surface area contributed by atoms with Crippen molar-refractivity contribution in [3.05, 3.63) is 29.8 Å². The van der Waals surface area contributed by atoms with E-state index in [-0.39, 0.29) is 29.7 Å². The number of carbonyl (C=O) groups excluding carboxylic acids is 2. The summed E-state index contributed by atoms with van der Waals surface area (Å²) in [5.74, 6) is 0.527. The van der Waals surface area contributed by atoms with Crippen LogP contribution in [0.25, 0.3) is 0 Å². The van der Waals surface area contributed by atoms with Crippen LogP contribution in [0.1, 0.15) is 25.8 Å². The monoisotopic (exact) mass is 441 g/mol. The van der Waals surface area contributed by atoms with Crippen molar-refractivity contribution in [2.45, 2.75) is 38.1 Å². The van der Waals surface area contributed by atoms with Gasteiger partial charge < -0.3 is 25.3 Å². The van der Waals surface area contributed by atoms with Crippen LogP contribution in [0.3, 0.4) is 0 Å². The molecule has 0 bridgehead atoms. The van der Waals surface area contributed by atoms with Crippen LogP contribution in [0.5, 0.6) is 5.75 Å². The average Bonchev–Trinajstić information content (AvgIpc) is 2.73. The Hall–Kier alpha value is -1.65. The van der Waals surface area contributed by atoms with E-state index in [2.05, 4.69) is 23.3 Å². The summed E-state index contributed by atoms with van der Waals surface area (Å²) in [5.41, 5.74) is 6.32. The molecule has 8 nitrogen and oxygen atoms in total. The zero-order chi connectivity index (χ0) is 22.2. The van der Waals surface area contributed by atoms with Gasteiger partial charge in [0.1, 0.15) is 11.5 Å². The third-order valence-corrected chi connectivity index (χ3v) is 4.26. The first-order valence-corrected chi connectivity index (χ1v) is 10.8. The van der Waals surface area contributed by atoms with Gasteiger partial charge in [-0.05, 0) is 31.0 Å². The van der Waals surface area contributed by atoms with E-state index in [1.165, 1.54) is 0 Å². The van der Waals surface area contributed by atoms with E-state index < -0.39 is 0 Å². The number of Topliss-reactive ketones (excluding diaryl/α,β-unsaturated/α-hetero) is 1. The van der Waals surface area contributed by atoms with Crippen LogP contribution in [0.15, 0.2) is 24.3 Å². The third kappa shape index (κ3) is 12.1. The van der Waals surface area contributed by atoms with Gasteiger partial charge in [0.05, 0.1) is 32.5 Å². The lowest BCUT2D eigenvalue weighted by atomic mass is 10.0. The number of hydrogen-bond donors (Lipinski definition) is 4. The van der Waals surface area contributed by atoms with Gasteiger partial charge in [-0.1, -0.05) is 19.1 Å². The second-order valence-corrected chi connectivity index (χ2v) is 7.49. The molecular weight excluding hydrogens is 406 g/mol. The molecule has 0 aromatic heterocycles. The van der Waals surface area contributed by atoms with Crippen molar-refractivity contribution >= 4 is 24.3 Å². The molecule has 2 atom stereocenters. The van der Waals surface area contributed by atoms with Crippen LogP contribution in [-0.2, 0) is 25.5 Å². The third-order valence-electron chi connectivity index (χ3n) is 4.12. The van der Waals surface area contributed by atoms with Gasteiger partial charge in [0.2, 0.25) is 0 Å². The van der Waals surface area contributed by atoms with Crippen LogP contribution in [0, 0.1) is 0 Å². The number of ether oxygens (including phenoxy) is 3. The molecule has 0 saturated heterocycles. The molecule has 2 unspecified atom stereocenters. The molecule has 1 amide bonds. The molecule has 30 heavy (non-hydrogen) atoms. The summed E-state index contributed by atoms with van der Waals surface area (Å²) >= 11 is 4.31. The first-order chi connectivity index (χ1) is 14.5. The summed E-state index contributed by atoms with van der Waals surface area (Å²) in [6, 6.07) is 7.12. The second kappa shape index (κ2) is 16.1. The molecule has 170 valence electrons. The Kier molecular flexibility index (Phi) is 14.2. The van der Waals surface area contributed by atoms with E-state index in [1.54, 1.807) is 12.1 Å². The van der Waals surface area contributed by atoms with E-state index in [9.17, 15) is 9.59 Å². The Balaban J connectivity index is 2.28. The number of rotatable bonds is 17. The predicted molar refractivity (Wildman–Crippen MR) is 120 cm³/mol. The minimum atomic E-state index is -0.269. The summed E-state index contributed by atoms with van der Waals surface area (Å²) < 4.78 is 16.0. The lowest BCUT2D eigenvalue weighted by Crippen LogP contribution is -2.41. The largest absolute Gasteiger partial charge is 0.484 e. The van der Waals surface area contributed by atoms with Gasteiger partial charge in [0.25, 0.3) is 5.91 Å². The maximum Gasteiger partial charge on any atom is 0.258 e. The minimum absolute atomic E-state index is 0.0680. The molecule has 0 fully saturated rings. The Bertz CT molecular complexity index is 613. The summed E-state index contributed by atoms with van der Waals surface area (Å²) in [6.07, 6.45) is 1.05. The molecule has 0 aliphatic heterocycles. The molecule has 0 radical (unpaired) electrons. The molecule has 1 aromatic carbocycles. The van der Waals surface area contributed by atoms with Gasteiger partial charge >= 0.3 is 0 Å². The molecule has 0 aliphatic rings. The summed E-state index contributed by atoms with van der Waals surface area (Å²) in [7, 11) is 0. The van der Waals surface area contributed by atoms with Crippen molar-refractivity contribution in [3.8, 4) is 5.75 Å². The fourth-order valence-electron chi connectivity index (χ4n) is 2.63. The molecule has 4 N–H and O–H groups in total. The smallest absolute Gasteiger partial charge is 0.258 e. The van der Waals surface area contributed by atoms with Crippen LogP contribution in [0.2, 0.25) is 0 Å². The number of nitrogens with one attached hydrogen (secondary N) is 2. The van der Waals surface area contributed by atoms with Gasteiger partial charge in [-0.25, -0.2) is 0 Å². The normalized spacial score (nSPS) is 12.9. The van der Waals surface area contributed by atoms with Crippen molar-refractivity contribution in [2.75, 3.05) is 46.1 Å². The van der Waals surface area contributed by atoms with Gasteiger partial charge in [0.15, 0.2) is 6.61 Å². The molecule has 0 heterocycles. The van der Waals surface area contributed by atoms with Crippen molar-refractivity contribution in [2.24, 2.45) is 5.73 Å². The molecule has 9 heteroatoms. The fourth-order valence-corrected chi connectivity index (χ4v) is 2.81. The van der Waals surface area contributed by atoms with E-state index in [4.69, 9.17) is 19.9 Å². The molecule has 0 saturated carbocycles. The standard InChI is InChI=1S/C21H35N3O5S/c1-3-20(25)19(24-16(2)30)14-17-4-6-18(7-5-17)29-15-21(26)23-9-11-28-13-12-27-10-8-22/h4-7,16,19,24,30H,3,8-15,22H2,1-2H3,(H,23,26). The Morgan fingerprint density at radius 1 is 1.10 bits per heavy atom. The Morgan fingerprint density at radius 3 is 2.37 bits per heavy atom. The highest BCUT2D eigenvalue weighted by Crippen LogP contribution is 2.14. The van der Waals surface area contributed by atoms with Crippen LogP contribution in [-0.4, -0.2) is 69.2 Å². The molecule has 1 aromatic rings. The lowest BCUT2D eigenvalue weighted by Gasteiger charge is -2.19. The number of amides is 1. The minimum Gasteiger partial charge on any atom is -0.484 e. The highest BCUT2D eigenvalue weighted by atomic mass is 32.1. The summed E-state index contributed by atoms with van der Waals surface area (Å²) in [4.78, 5) is 23.9. The van der Waals surface area contributed by atoms with Crippen molar-refractivity contribution in [1.29, 1.82) is 0 Å². The second-order valence-electron chi connectivity index (χ2n) is 6.72. The first kappa shape index (κ1) is 26.4. The van der Waals surface area contributed by atoms with Gasteiger partial charge in [0, 0.05) is 24.9 Å². The Labute approximate surface area is 184 Å². The van der Waals surface area contributed by atoms with Crippen molar-refractivity contribution in [3.63, 3.8) is 0 Å². The number of nitrogens with two attached hydrogens (primary N) is 1. The van der Waals surface area contributed by atoms with E-state index in [0.717, 1.165) is 5.56 Å². The predicted octanol–water partition coefficient (Wildman–Crippen LogP) is 0.929. The molecular formula is C21H35N3O5S. The van der Waals surface area contributed by atoms with E-state index in [1.807, 2.05) is 26.0 Å². The zero-order valence-corrected chi connectivity index (χ0v) is 18.8. The van der Waals surface area contributed by atoms with Crippen LogP contribution in [0.4, 0.5) is 0 Å². The van der Waals surface area contributed by atoms with E-state index >= 15 is 0 Å². The summed E-state index contributed by atoms with van der Waals surface area (Å²) in [6.45, 7) is 6.44. The van der Waals surface area contributed by atoms with Gasteiger partial charge in [-0.3, -0.25) is 14.9 Å². The van der Waals surface area contributed by atoms with Crippen LogP contribution >= 0.6 is 12.6 Å². The van der Waals surface area contributed by atoms with E-state index in [0.29, 0.717) is 58.1 Å². The van der Waals surface area contributed by atoms with Gasteiger partial charge in [-0.15, -0.1) is 0 Å². The van der Waals surface area contributed by atoms with Crippen LogP contribution < -0.4 is 21.1 Å². The maximum absolute atomic E-state index is 12.1. The van der Waals surface area contributed by atoms with Crippen molar-refractivity contribution in [1.82, 2.24) is 10.6 Å². The SMILES string of the molecule is CCC(=O)C(Cc1ccc(OCC(=O)NCCOCCOCCN)cc1)NC(C)S. The maximum atomic E-state index is 12.1. The fraction of sp³-hybridized carbons (Fsp3) is 0.619. The average molecular weight is 442 g/mol.